The molecule has 58 heavy (non-hydrogen) atoms. The highest BCUT2D eigenvalue weighted by molar-refractivity contribution is 6.04. The van der Waals surface area contributed by atoms with Crippen molar-refractivity contribution in [2.24, 2.45) is 5.92 Å². The van der Waals surface area contributed by atoms with Crippen LogP contribution in [0.3, 0.4) is 0 Å². The summed E-state index contributed by atoms with van der Waals surface area (Å²) in [5, 5.41) is 21.5. The first-order chi connectivity index (χ1) is 28.0. The molecule has 4 aliphatic heterocycles. The van der Waals surface area contributed by atoms with Gasteiger partial charge in [0, 0.05) is 89.7 Å². The van der Waals surface area contributed by atoms with Crippen molar-refractivity contribution in [2.45, 2.75) is 57.5 Å². The molecule has 4 fully saturated rings. The largest absolute Gasteiger partial charge is 0.371 e. The lowest BCUT2D eigenvalue weighted by Gasteiger charge is -2.40. The second-order valence-electron chi connectivity index (χ2n) is 15.2. The molecule has 4 saturated heterocycles. The SMILES string of the molecule is CC(=O)N[C@@H]1CCCN(c2nnc(NC=O)c(Nc3ccc(N4CCN(CC5CCN(c6ccc(C(=O)NC7CCC(=O)NC7=O)c(F)c6)CC5)CC4)c(F)c3)n2)C1. The molecule has 308 valence electrons. The Morgan fingerprint density at radius 3 is 2.36 bits per heavy atom. The van der Waals surface area contributed by atoms with Crippen LogP contribution >= 0.6 is 0 Å². The van der Waals surface area contributed by atoms with Gasteiger partial charge in [-0.25, -0.2) is 8.78 Å². The number of amides is 5. The fraction of sp³-hybridized carbons (Fsp3) is 0.487. The average molecular weight is 803 g/mol. The van der Waals surface area contributed by atoms with Crippen molar-refractivity contribution in [3.63, 3.8) is 0 Å². The van der Waals surface area contributed by atoms with Gasteiger partial charge >= 0.3 is 0 Å². The van der Waals surface area contributed by atoms with E-state index in [0.717, 1.165) is 58.4 Å². The van der Waals surface area contributed by atoms with Gasteiger partial charge in [0.2, 0.25) is 30.1 Å². The molecule has 0 saturated carbocycles. The molecular formula is C39H48F2N12O5. The normalized spacial score (nSPS) is 20.6. The Kier molecular flexibility index (Phi) is 12.5. The molecule has 19 heteroatoms. The van der Waals surface area contributed by atoms with Crippen molar-refractivity contribution < 1.29 is 32.8 Å². The zero-order valence-electron chi connectivity index (χ0n) is 32.3. The third-order valence-corrected chi connectivity index (χ3v) is 11.1. The van der Waals surface area contributed by atoms with E-state index >= 15 is 8.78 Å². The summed E-state index contributed by atoms with van der Waals surface area (Å²) in [5.41, 5.74) is 1.46. The summed E-state index contributed by atoms with van der Waals surface area (Å²) in [5.74, 6) is -1.77. The van der Waals surface area contributed by atoms with Crippen LogP contribution in [0.25, 0.3) is 0 Å². The number of hydrogen-bond donors (Lipinski definition) is 5. The van der Waals surface area contributed by atoms with Crippen LogP contribution in [0, 0.1) is 17.6 Å². The first kappa shape index (κ1) is 40.2. The predicted octanol–water partition coefficient (Wildman–Crippen LogP) is 2.14. The lowest BCUT2D eigenvalue weighted by molar-refractivity contribution is -0.134. The number of benzene rings is 2. The minimum absolute atomic E-state index is 0.0495. The highest BCUT2D eigenvalue weighted by Gasteiger charge is 2.30. The molecule has 7 rings (SSSR count). The molecule has 0 bridgehead atoms. The van der Waals surface area contributed by atoms with E-state index in [1.54, 1.807) is 18.2 Å². The second-order valence-corrected chi connectivity index (χ2v) is 15.2. The summed E-state index contributed by atoms with van der Waals surface area (Å²) in [6, 6.07) is 8.46. The van der Waals surface area contributed by atoms with Gasteiger partial charge < -0.3 is 36.0 Å². The van der Waals surface area contributed by atoms with Crippen LogP contribution in [0.4, 0.5) is 43.4 Å². The van der Waals surface area contributed by atoms with Crippen molar-refractivity contribution in [3.8, 4) is 0 Å². The van der Waals surface area contributed by atoms with Gasteiger partial charge in [0.25, 0.3) is 5.91 Å². The van der Waals surface area contributed by atoms with Gasteiger partial charge in [0.15, 0.2) is 11.6 Å². The average Bonchev–Trinajstić information content (AvgIpc) is 3.20. The van der Waals surface area contributed by atoms with E-state index in [4.69, 9.17) is 0 Å². The van der Waals surface area contributed by atoms with Crippen molar-refractivity contribution >= 4 is 64.7 Å². The lowest BCUT2D eigenvalue weighted by Crippen LogP contribution is -2.52. The summed E-state index contributed by atoms with van der Waals surface area (Å²) in [4.78, 5) is 72.0. The van der Waals surface area contributed by atoms with Crippen LogP contribution in [-0.4, -0.2) is 121 Å². The first-order valence-corrected chi connectivity index (χ1v) is 19.7. The lowest BCUT2D eigenvalue weighted by atomic mass is 9.95. The van der Waals surface area contributed by atoms with Crippen LogP contribution in [0.5, 0.6) is 0 Å². The number of nitrogens with zero attached hydrogens (tertiary/aromatic N) is 7. The van der Waals surface area contributed by atoms with Gasteiger partial charge in [-0.15, -0.1) is 10.2 Å². The summed E-state index contributed by atoms with van der Waals surface area (Å²) in [7, 11) is 0. The van der Waals surface area contributed by atoms with Crippen molar-refractivity contribution in [1.29, 1.82) is 0 Å². The van der Waals surface area contributed by atoms with Crippen molar-refractivity contribution in [3.05, 3.63) is 53.6 Å². The summed E-state index contributed by atoms with van der Waals surface area (Å²) in [6.07, 6.45) is 4.27. The molecule has 2 atom stereocenters. The molecule has 17 nitrogen and oxygen atoms in total. The van der Waals surface area contributed by atoms with Gasteiger partial charge in [-0.2, -0.15) is 4.98 Å². The topological polar surface area (TPSA) is 197 Å². The molecule has 5 N–H and O–H groups in total. The quantitative estimate of drug-likeness (QED) is 0.132. The Morgan fingerprint density at radius 1 is 0.862 bits per heavy atom. The van der Waals surface area contributed by atoms with Gasteiger partial charge in [0.1, 0.15) is 17.7 Å². The Balaban J connectivity index is 0.881. The monoisotopic (exact) mass is 802 g/mol. The predicted molar refractivity (Wildman–Crippen MR) is 212 cm³/mol. The van der Waals surface area contributed by atoms with Crippen LogP contribution in [0.1, 0.15) is 55.8 Å². The van der Waals surface area contributed by atoms with E-state index in [9.17, 15) is 24.0 Å². The van der Waals surface area contributed by atoms with Crippen molar-refractivity contribution in [1.82, 2.24) is 36.0 Å². The minimum Gasteiger partial charge on any atom is -0.371 e. The van der Waals surface area contributed by atoms with Crippen LogP contribution in [-0.2, 0) is 19.2 Å². The maximum Gasteiger partial charge on any atom is 0.254 e. The fourth-order valence-corrected chi connectivity index (χ4v) is 8.10. The zero-order valence-corrected chi connectivity index (χ0v) is 32.3. The summed E-state index contributed by atoms with van der Waals surface area (Å²) in [6.45, 7) is 7.95. The molecular weight excluding hydrogens is 755 g/mol. The van der Waals surface area contributed by atoms with E-state index in [-0.39, 0.29) is 42.0 Å². The molecule has 5 amide bonds. The number of carbonyl (C=O) groups is 5. The number of imide groups is 1. The number of hydrogen-bond acceptors (Lipinski definition) is 13. The molecule has 1 aromatic heterocycles. The Hall–Kier alpha value is -5.98. The van der Waals surface area contributed by atoms with E-state index in [2.05, 4.69) is 51.6 Å². The van der Waals surface area contributed by atoms with Gasteiger partial charge in [-0.3, -0.25) is 34.2 Å². The smallest absolute Gasteiger partial charge is 0.254 e. The number of piperazine rings is 1. The highest BCUT2D eigenvalue weighted by Crippen LogP contribution is 2.30. The van der Waals surface area contributed by atoms with Crippen LogP contribution in [0.15, 0.2) is 36.4 Å². The Morgan fingerprint density at radius 2 is 1.66 bits per heavy atom. The van der Waals surface area contributed by atoms with E-state index in [1.807, 2.05) is 9.80 Å². The Bertz CT molecular complexity index is 2020. The summed E-state index contributed by atoms with van der Waals surface area (Å²) >= 11 is 0. The molecule has 1 unspecified atom stereocenters. The maximum absolute atomic E-state index is 15.6. The number of rotatable bonds is 12. The standard InChI is InChI=1S/C39H48F2N12O5/c1-24(55)43-27-3-2-12-53(22-27)39-47-36(35(42-23-54)48-49-39)44-26-4-8-33(31(41)19-26)52-17-15-50(16-18-52)21-25-10-13-51(14-11-25)28-5-6-29(30(40)20-28)37(57)45-32-7-9-34(56)46-38(32)58/h4-6,8,19-20,23,25,27,32H,2-3,7,9-18,21-22H2,1H3,(H,43,55)(H,45,57)(H,42,48,54)(H,44,47,49)(H,46,56,58)/t27-,32?/m1/s1. The molecule has 0 aliphatic carbocycles. The number of carbonyl (C=O) groups excluding carboxylic acids is 5. The van der Waals surface area contributed by atoms with E-state index in [0.29, 0.717) is 61.5 Å². The highest BCUT2D eigenvalue weighted by atomic mass is 19.1. The molecule has 0 spiro atoms. The van der Waals surface area contributed by atoms with Gasteiger partial charge in [-0.1, -0.05) is 0 Å². The third-order valence-electron chi connectivity index (χ3n) is 11.1. The minimum atomic E-state index is -0.881. The number of halogens is 2. The number of nitrogens with one attached hydrogen (secondary N) is 5. The zero-order chi connectivity index (χ0) is 40.8. The van der Waals surface area contributed by atoms with Gasteiger partial charge in [0.05, 0.1) is 11.3 Å². The molecule has 3 aromatic rings. The molecule has 5 heterocycles. The molecule has 2 aromatic carbocycles. The maximum atomic E-state index is 15.6. The number of aromatic nitrogens is 3. The second kappa shape index (κ2) is 18.1. The molecule has 4 aliphatic rings. The number of piperidine rings is 3. The summed E-state index contributed by atoms with van der Waals surface area (Å²) < 4.78 is 30.7. The Labute approximate surface area is 334 Å². The third kappa shape index (κ3) is 9.75. The van der Waals surface area contributed by atoms with Crippen LogP contribution in [0.2, 0.25) is 0 Å². The van der Waals surface area contributed by atoms with Gasteiger partial charge in [-0.05, 0) is 74.4 Å². The molecule has 0 radical (unpaired) electrons. The van der Waals surface area contributed by atoms with Crippen molar-refractivity contribution in [2.75, 3.05) is 84.2 Å². The number of anilines is 6. The van der Waals surface area contributed by atoms with E-state index < -0.39 is 35.4 Å². The first-order valence-electron chi connectivity index (χ1n) is 19.7. The van der Waals surface area contributed by atoms with Crippen LogP contribution < -0.4 is 41.3 Å². The van der Waals surface area contributed by atoms with E-state index in [1.165, 1.54) is 25.1 Å². The fourth-order valence-electron chi connectivity index (χ4n) is 8.10.